The summed E-state index contributed by atoms with van der Waals surface area (Å²) in [5, 5.41) is 8.60. The molecule has 1 aromatic rings. The molecule has 16 heavy (non-hydrogen) atoms. The van der Waals surface area contributed by atoms with Crippen LogP contribution in [0.3, 0.4) is 0 Å². The molecule has 4 heteroatoms. The number of esters is 1. The van der Waals surface area contributed by atoms with E-state index in [1.54, 1.807) is 0 Å². The highest BCUT2D eigenvalue weighted by Gasteiger charge is 2.05. The van der Waals surface area contributed by atoms with Crippen LogP contribution in [0.4, 0.5) is 0 Å². The Morgan fingerprint density at radius 3 is 2.94 bits per heavy atom. The summed E-state index contributed by atoms with van der Waals surface area (Å²) in [6, 6.07) is 7.84. The predicted octanol–water partition coefficient (Wildman–Crippen LogP) is 2.62. The number of ether oxygens (including phenoxy) is 1. The Bertz CT molecular complexity index is 424. The fourth-order valence-electron chi connectivity index (χ4n) is 1.36. The first-order valence-electron chi connectivity index (χ1n) is 4.88. The molecule has 0 N–H and O–H groups in total. The van der Waals surface area contributed by atoms with Crippen molar-refractivity contribution in [1.29, 1.82) is 5.26 Å². The largest absolute Gasteiger partial charge is 0.469 e. The second-order valence-corrected chi connectivity index (χ2v) is 4.19. The number of carbonyl (C=O) groups excluding carboxylic acids is 1. The third-order valence-electron chi connectivity index (χ3n) is 2.22. The van der Waals surface area contributed by atoms with Gasteiger partial charge in [-0.1, -0.05) is 28.1 Å². The molecule has 0 aliphatic carbocycles. The first-order valence-corrected chi connectivity index (χ1v) is 5.67. The summed E-state index contributed by atoms with van der Waals surface area (Å²) in [5.41, 5.74) is 1.99. The van der Waals surface area contributed by atoms with Crippen LogP contribution in [-0.2, 0) is 22.4 Å². The lowest BCUT2D eigenvalue weighted by Crippen LogP contribution is -2.02. The molecule has 0 aromatic heterocycles. The van der Waals surface area contributed by atoms with Crippen LogP contribution >= 0.6 is 15.9 Å². The Hall–Kier alpha value is -1.34. The SMILES string of the molecule is COC(=O)CCc1cc(CC#N)ccc1Br. The van der Waals surface area contributed by atoms with Gasteiger partial charge in [0.1, 0.15) is 0 Å². The van der Waals surface area contributed by atoms with Crippen LogP contribution in [0.2, 0.25) is 0 Å². The second kappa shape index (κ2) is 6.29. The van der Waals surface area contributed by atoms with Gasteiger partial charge in [-0.05, 0) is 23.6 Å². The first-order chi connectivity index (χ1) is 7.67. The molecule has 1 aromatic carbocycles. The number of halogens is 1. The Labute approximate surface area is 103 Å². The maximum atomic E-state index is 11.0. The van der Waals surface area contributed by atoms with Gasteiger partial charge in [0.25, 0.3) is 0 Å². The van der Waals surface area contributed by atoms with Gasteiger partial charge >= 0.3 is 5.97 Å². The maximum Gasteiger partial charge on any atom is 0.305 e. The first kappa shape index (κ1) is 12.7. The second-order valence-electron chi connectivity index (χ2n) is 3.34. The van der Waals surface area contributed by atoms with E-state index in [1.807, 2.05) is 18.2 Å². The quantitative estimate of drug-likeness (QED) is 0.798. The van der Waals surface area contributed by atoms with Crippen LogP contribution in [0, 0.1) is 11.3 Å². The van der Waals surface area contributed by atoms with Gasteiger partial charge in [-0.15, -0.1) is 0 Å². The number of carbonyl (C=O) groups is 1. The van der Waals surface area contributed by atoms with Crippen molar-refractivity contribution in [3.8, 4) is 6.07 Å². The van der Waals surface area contributed by atoms with Crippen molar-refractivity contribution in [1.82, 2.24) is 0 Å². The average molecular weight is 282 g/mol. The van der Waals surface area contributed by atoms with Crippen LogP contribution in [0.1, 0.15) is 17.5 Å². The van der Waals surface area contributed by atoms with Crippen LogP contribution in [0.15, 0.2) is 22.7 Å². The van der Waals surface area contributed by atoms with Crippen molar-refractivity contribution >= 4 is 21.9 Å². The molecule has 0 saturated heterocycles. The molecule has 3 nitrogen and oxygen atoms in total. The zero-order valence-corrected chi connectivity index (χ0v) is 10.6. The summed E-state index contributed by atoms with van der Waals surface area (Å²) in [6.07, 6.45) is 1.36. The molecule has 0 bridgehead atoms. The zero-order valence-electron chi connectivity index (χ0n) is 9.00. The lowest BCUT2D eigenvalue weighted by atomic mass is 10.1. The van der Waals surface area contributed by atoms with E-state index < -0.39 is 0 Å². The summed E-state index contributed by atoms with van der Waals surface area (Å²) in [7, 11) is 1.38. The monoisotopic (exact) mass is 281 g/mol. The molecule has 0 saturated carbocycles. The highest BCUT2D eigenvalue weighted by atomic mass is 79.9. The summed E-state index contributed by atoms with van der Waals surface area (Å²) in [6.45, 7) is 0. The van der Waals surface area contributed by atoms with Gasteiger partial charge in [-0.25, -0.2) is 0 Å². The predicted molar refractivity (Wildman–Crippen MR) is 63.8 cm³/mol. The Morgan fingerprint density at radius 1 is 1.56 bits per heavy atom. The van der Waals surface area contributed by atoms with E-state index in [4.69, 9.17) is 5.26 Å². The van der Waals surface area contributed by atoms with Crippen molar-refractivity contribution in [3.05, 3.63) is 33.8 Å². The van der Waals surface area contributed by atoms with Crippen molar-refractivity contribution in [2.75, 3.05) is 7.11 Å². The summed E-state index contributed by atoms with van der Waals surface area (Å²) in [4.78, 5) is 11.0. The minimum Gasteiger partial charge on any atom is -0.469 e. The van der Waals surface area contributed by atoms with Crippen molar-refractivity contribution in [2.45, 2.75) is 19.3 Å². The van der Waals surface area contributed by atoms with Crippen LogP contribution in [0.5, 0.6) is 0 Å². The molecule has 0 fully saturated rings. The fourth-order valence-corrected chi connectivity index (χ4v) is 1.80. The lowest BCUT2D eigenvalue weighted by Gasteiger charge is -2.05. The van der Waals surface area contributed by atoms with E-state index in [2.05, 4.69) is 26.7 Å². The van der Waals surface area contributed by atoms with Gasteiger partial charge in [-0.3, -0.25) is 4.79 Å². The number of aryl methyl sites for hydroxylation is 1. The minimum absolute atomic E-state index is 0.224. The van der Waals surface area contributed by atoms with Gasteiger partial charge in [0.2, 0.25) is 0 Å². The average Bonchev–Trinajstić information content (AvgIpc) is 2.29. The minimum atomic E-state index is -0.224. The standard InChI is InChI=1S/C12H12BrNO2/c1-16-12(15)5-3-10-8-9(6-7-14)2-4-11(10)13/h2,4,8H,3,5-6H2,1H3. The number of nitrogens with zero attached hydrogens (tertiary/aromatic N) is 1. The molecule has 1 rings (SSSR count). The molecule has 0 radical (unpaired) electrons. The van der Waals surface area contributed by atoms with Crippen molar-refractivity contribution in [3.63, 3.8) is 0 Å². The van der Waals surface area contributed by atoms with Crippen LogP contribution in [-0.4, -0.2) is 13.1 Å². The third-order valence-corrected chi connectivity index (χ3v) is 2.99. The zero-order chi connectivity index (χ0) is 12.0. The highest BCUT2D eigenvalue weighted by Crippen LogP contribution is 2.20. The summed E-state index contributed by atoms with van der Waals surface area (Å²) >= 11 is 3.42. The van der Waals surface area contributed by atoms with Crippen molar-refractivity contribution in [2.24, 2.45) is 0 Å². The molecule has 0 amide bonds. The van der Waals surface area contributed by atoms with E-state index in [0.717, 1.165) is 15.6 Å². The molecule has 0 unspecified atom stereocenters. The fraction of sp³-hybridized carbons (Fsp3) is 0.333. The number of hydrogen-bond donors (Lipinski definition) is 0. The van der Waals surface area contributed by atoms with Gasteiger partial charge < -0.3 is 4.74 Å². The smallest absolute Gasteiger partial charge is 0.305 e. The van der Waals surface area contributed by atoms with Crippen molar-refractivity contribution < 1.29 is 9.53 Å². The van der Waals surface area contributed by atoms with Crippen LogP contribution in [0.25, 0.3) is 0 Å². The molecule has 0 spiro atoms. The van der Waals surface area contributed by atoms with Gasteiger partial charge in [-0.2, -0.15) is 5.26 Å². The van der Waals surface area contributed by atoms with Gasteiger partial charge in [0.15, 0.2) is 0 Å². The number of hydrogen-bond acceptors (Lipinski definition) is 3. The molecule has 84 valence electrons. The lowest BCUT2D eigenvalue weighted by molar-refractivity contribution is -0.140. The van der Waals surface area contributed by atoms with E-state index in [1.165, 1.54) is 7.11 Å². The molecular formula is C12H12BrNO2. The molecule has 0 heterocycles. The summed E-state index contributed by atoms with van der Waals surface area (Å²) in [5.74, 6) is -0.224. The number of nitriles is 1. The topological polar surface area (TPSA) is 50.1 Å². The normalized spacial score (nSPS) is 9.56. The number of rotatable bonds is 4. The number of methoxy groups -OCH3 is 1. The maximum absolute atomic E-state index is 11.0. The molecule has 0 atom stereocenters. The molecule has 0 aliphatic heterocycles. The number of benzene rings is 1. The Morgan fingerprint density at radius 2 is 2.31 bits per heavy atom. The van der Waals surface area contributed by atoms with E-state index in [9.17, 15) is 4.79 Å². The Kier molecular flexibility index (Phi) is 5.00. The Balaban J connectivity index is 2.74. The third kappa shape index (κ3) is 3.67. The van der Waals surface area contributed by atoms with Gasteiger partial charge in [0.05, 0.1) is 19.6 Å². The molecule has 0 aliphatic rings. The molecular weight excluding hydrogens is 270 g/mol. The van der Waals surface area contributed by atoms with E-state index >= 15 is 0 Å². The van der Waals surface area contributed by atoms with Gasteiger partial charge in [0, 0.05) is 10.9 Å². The summed E-state index contributed by atoms with van der Waals surface area (Å²) < 4.78 is 5.54. The van der Waals surface area contributed by atoms with Crippen LogP contribution < -0.4 is 0 Å². The van der Waals surface area contributed by atoms with E-state index in [0.29, 0.717) is 19.3 Å². The highest BCUT2D eigenvalue weighted by molar-refractivity contribution is 9.10. The van der Waals surface area contributed by atoms with E-state index in [-0.39, 0.29) is 5.97 Å².